The summed E-state index contributed by atoms with van der Waals surface area (Å²) in [7, 11) is 0. The fourth-order valence-electron chi connectivity index (χ4n) is 2.99. The van der Waals surface area contributed by atoms with Crippen LogP contribution in [0.1, 0.15) is 40.2 Å². The molecule has 0 aliphatic heterocycles. The lowest BCUT2D eigenvalue weighted by Crippen LogP contribution is -2.26. The molecule has 0 atom stereocenters. The number of rotatable bonds is 5. The molecule has 0 unspecified atom stereocenters. The van der Waals surface area contributed by atoms with Gasteiger partial charge < -0.3 is 15.2 Å². The molecule has 2 heterocycles. The van der Waals surface area contributed by atoms with Gasteiger partial charge in [0, 0.05) is 17.4 Å². The van der Waals surface area contributed by atoms with Gasteiger partial charge in [-0.15, -0.1) is 0 Å². The van der Waals surface area contributed by atoms with Crippen molar-refractivity contribution in [3.05, 3.63) is 52.8 Å². The van der Waals surface area contributed by atoms with Crippen molar-refractivity contribution in [2.24, 2.45) is 0 Å². The van der Waals surface area contributed by atoms with Crippen LogP contribution in [0.3, 0.4) is 0 Å². The molecule has 0 bridgehead atoms. The van der Waals surface area contributed by atoms with E-state index in [9.17, 15) is 9.59 Å². The summed E-state index contributed by atoms with van der Waals surface area (Å²) in [5.74, 6) is -0.220. The largest absolute Gasteiger partial charge is 0.353 e. The minimum atomic E-state index is -0.254. The summed E-state index contributed by atoms with van der Waals surface area (Å²) in [4.78, 5) is 28.9. The summed E-state index contributed by atoms with van der Waals surface area (Å²) in [5, 5.41) is 10.4. The van der Waals surface area contributed by atoms with Crippen molar-refractivity contribution in [2.45, 2.75) is 39.2 Å². The molecule has 1 aromatic carbocycles. The molecule has 0 spiro atoms. The first-order chi connectivity index (χ1) is 13.0. The molecule has 1 saturated carbocycles. The minimum absolute atomic E-state index is 0.0341. The number of pyridine rings is 1. The molecule has 4 rings (SSSR count). The van der Waals surface area contributed by atoms with Gasteiger partial charge in [0.05, 0.1) is 23.1 Å². The molecule has 0 radical (unpaired) electrons. The van der Waals surface area contributed by atoms with Gasteiger partial charge in [-0.05, 0) is 50.5 Å². The van der Waals surface area contributed by atoms with Crippen LogP contribution in [0.5, 0.6) is 0 Å². The predicted molar refractivity (Wildman–Crippen MR) is 101 cm³/mol. The number of carbonyl (C=O) groups excluding carboxylic acids is 2. The van der Waals surface area contributed by atoms with E-state index in [1.807, 2.05) is 12.1 Å². The Bertz CT molecular complexity index is 1020. The Morgan fingerprint density at radius 2 is 1.93 bits per heavy atom. The maximum absolute atomic E-state index is 12.7. The summed E-state index contributed by atoms with van der Waals surface area (Å²) in [6.07, 6.45) is 2.49. The summed E-state index contributed by atoms with van der Waals surface area (Å²) in [6, 6.07) is 9.36. The number of amides is 2. The van der Waals surface area contributed by atoms with Crippen molar-refractivity contribution < 1.29 is 14.1 Å². The van der Waals surface area contributed by atoms with Crippen LogP contribution in [0.2, 0.25) is 0 Å². The number of anilines is 1. The van der Waals surface area contributed by atoms with Crippen LogP contribution >= 0.6 is 0 Å². The SMILES string of the molecule is Cc1cc(C(=O)Nc2ccc(CC(=O)NC3CC3)cc2)c2c(C)noc2n1. The summed E-state index contributed by atoms with van der Waals surface area (Å²) in [5.41, 5.74) is 3.70. The van der Waals surface area contributed by atoms with Crippen LogP contribution in [0.15, 0.2) is 34.9 Å². The molecular formula is C20H20N4O3. The zero-order valence-electron chi connectivity index (χ0n) is 15.2. The Morgan fingerprint density at radius 1 is 1.19 bits per heavy atom. The number of hydrogen-bond acceptors (Lipinski definition) is 5. The maximum Gasteiger partial charge on any atom is 0.258 e. The third-order valence-electron chi connectivity index (χ3n) is 4.51. The molecule has 27 heavy (non-hydrogen) atoms. The lowest BCUT2D eigenvalue weighted by Gasteiger charge is -2.08. The fourth-order valence-corrected chi connectivity index (χ4v) is 2.99. The lowest BCUT2D eigenvalue weighted by atomic mass is 10.1. The predicted octanol–water partition coefficient (Wildman–Crippen LogP) is 2.91. The summed E-state index contributed by atoms with van der Waals surface area (Å²) < 4.78 is 5.18. The van der Waals surface area contributed by atoms with Gasteiger partial charge in [-0.25, -0.2) is 4.98 Å². The van der Waals surface area contributed by atoms with Crippen molar-refractivity contribution in [1.82, 2.24) is 15.5 Å². The molecule has 1 aliphatic carbocycles. The zero-order chi connectivity index (χ0) is 19.0. The van der Waals surface area contributed by atoms with Crippen LogP contribution in [0.25, 0.3) is 11.1 Å². The smallest absolute Gasteiger partial charge is 0.258 e. The monoisotopic (exact) mass is 364 g/mol. The van der Waals surface area contributed by atoms with Crippen LogP contribution in [-0.2, 0) is 11.2 Å². The topological polar surface area (TPSA) is 97.1 Å². The average molecular weight is 364 g/mol. The fraction of sp³-hybridized carbons (Fsp3) is 0.300. The van der Waals surface area contributed by atoms with Crippen LogP contribution in [0, 0.1) is 13.8 Å². The molecule has 1 aliphatic rings. The highest BCUT2D eigenvalue weighted by atomic mass is 16.5. The Labute approximate surface area is 156 Å². The van der Waals surface area contributed by atoms with Crippen LogP contribution in [-0.4, -0.2) is 28.0 Å². The molecule has 7 heteroatoms. The highest BCUT2D eigenvalue weighted by Gasteiger charge is 2.23. The van der Waals surface area contributed by atoms with E-state index in [0.29, 0.717) is 46.2 Å². The van der Waals surface area contributed by atoms with E-state index in [2.05, 4.69) is 20.8 Å². The number of nitrogens with one attached hydrogen (secondary N) is 2. The first kappa shape index (κ1) is 17.2. The van der Waals surface area contributed by atoms with Gasteiger partial charge in [-0.1, -0.05) is 17.3 Å². The Morgan fingerprint density at radius 3 is 2.63 bits per heavy atom. The van der Waals surface area contributed by atoms with E-state index in [1.165, 1.54) is 0 Å². The van der Waals surface area contributed by atoms with Gasteiger partial charge in [0.25, 0.3) is 11.6 Å². The second-order valence-corrected chi connectivity index (χ2v) is 6.93. The second kappa shape index (κ2) is 6.83. The van der Waals surface area contributed by atoms with E-state index in [0.717, 1.165) is 18.4 Å². The number of carbonyl (C=O) groups is 2. The van der Waals surface area contributed by atoms with E-state index in [1.54, 1.807) is 32.0 Å². The molecule has 2 aromatic heterocycles. The van der Waals surface area contributed by atoms with Gasteiger partial charge in [0.1, 0.15) is 0 Å². The summed E-state index contributed by atoms with van der Waals surface area (Å²) in [6.45, 7) is 3.58. The number of fused-ring (bicyclic) bond motifs is 1. The lowest BCUT2D eigenvalue weighted by molar-refractivity contribution is -0.120. The molecular weight excluding hydrogens is 344 g/mol. The molecule has 3 aromatic rings. The minimum Gasteiger partial charge on any atom is -0.353 e. The molecule has 2 N–H and O–H groups in total. The Hall–Kier alpha value is -3.22. The first-order valence-corrected chi connectivity index (χ1v) is 8.93. The molecule has 7 nitrogen and oxygen atoms in total. The van der Waals surface area contributed by atoms with Gasteiger partial charge in [0.15, 0.2) is 0 Å². The Kier molecular flexibility index (Phi) is 4.35. The van der Waals surface area contributed by atoms with Gasteiger partial charge in [-0.2, -0.15) is 0 Å². The number of benzene rings is 1. The highest BCUT2D eigenvalue weighted by Crippen LogP contribution is 2.23. The quantitative estimate of drug-likeness (QED) is 0.725. The van der Waals surface area contributed by atoms with Gasteiger partial charge in [-0.3, -0.25) is 9.59 Å². The number of nitrogens with zero attached hydrogens (tertiary/aromatic N) is 2. The van der Waals surface area contributed by atoms with E-state index < -0.39 is 0 Å². The molecule has 138 valence electrons. The number of aryl methyl sites for hydroxylation is 2. The van der Waals surface area contributed by atoms with Crippen molar-refractivity contribution in [1.29, 1.82) is 0 Å². The first-order valence-electron chi connectivity index (χ1n) is 8.93. The average Bonchev–Trinajstić information content (AvgIpc) is 3.37. The molecule has 1 fully saturated rings. The van der Waals surface area contributed by atoms with Crippen molar-refractivity contribution in [3.8, 4) is 0 Å². The van der Waals surface area contributed by atoms with E-state index >= 15 is 0 Å². The highest BCUT2D eigenvalue weighted by molar-refractivity contribution is 6.12. The van der Waals surface area contributed by atoms with Crippen molar-refractivity contribution in [3.63, 3.8) is 0 Å². The normalized spacial score (nSPS) is 13.6. The maximum atomic E-state index is 12.7. The van der Waals surface area contributed by atoms with Crippen LogP contribution in [0.4, 0.5) is 5.69 Å². The van der Waals surface area contributed by atoms with Crippen molar-refractivity contribution in [2.75, 3.05) is 5.32 Å². The Balaban J connectivity index is 1.48. The van der Waals surface area contributed by atoms with Gasteiger partial charge in [0.2, 0.25) is 5.91 Å². The molecule has 0 saturated heterocycles. The standard InChI is InChI=1S/C20H20N4O3/c1-11-9-16(18-12(2)24-27-20(18)21-11)19(26)23-15-5-3-13(4-6-15)10-17(25)22-14-7-8-14/h3-6,9,14H,7-8,10H2,1-2H3,(H,22,25)(H,23,26). The van der Waals surface area contributed by atoms with Gasteiger partial charge >= 0.3 is 0 Å². The molecule has 2 amide bonds. The summed E-state index contributed by atoms with van der Waals surface area (Å²) >= 11 is 0. The van der Waals surface area contributed by atoms with E-state index in [-0.39, 0.29) is 11.8 Å². The van der Waals surface area contributed by atoms with Crippen molar-refractivity contribution >= 4 is 28.6 Å². The van der Waals surface area contributed by atoms with Crippen LogP contribution < -0.4 is 10.6 Å². The third-order valence-corrected chi connectivity index (χ3v) is 4.51. The number of hydrogen-bond donors (Lipinski definition) is 2. The zero-order valence-corrected chi connectivity index (χ0v) is 15.2. The number of aromatic nitrogens is 2. The third kappa shape index (κ3) is 3.81. The van der Waals surface area contributed by atoms with E-state index in [4.69, 9.17) is 4.52 Å². The second-order valence-electron chi connectivity index (χ2n) is 6.93.